The van der Waals surface area contributed by atoms with Crippen molar-refractivity contribution in [3.8, 4) is 0 Å². The van der Waals surface area contributed by atoms with Gasteiger partial charge >= 0.3 is 5.97 Å². The van der Waals surface area contributed by atoms with Crippen LogP contribution in [0, 0.1) is 6.92 Å². The van der Waals surface area contributed by atoms with E-state index in [-0.39, 0.29) is 25.0 Å². The average Bonchev–Trinajstić information content (AvgIpc) is 2.43. The summed E-state index contributed by atoms with van der Waals surface area (Å²) in [6, 6.07) is 5.62. The summed E-state index contributed by atoms with van der Waals surface area (Å²) in [6.45, 7) is 4.91. The molecule has 6 heteroatoms. The van der Waals surface area contributed by atoms with E-state index in [4.69, 9.17) is 0 Å². The maximum atomic E-state index is 12.0. The number of hydrogen-bond acceptors (Lipinski definition) is 4. The summed E-state index contributed by atoms with van der Waals surface area (Å²) in [4.78, 5) is 25.1. The van der Waals surface area contributed by atoms with Crippen LogP contribution in [0.25, 0.3) is 0 Å². The van der Waals surface area contributed by atoms with Gasteiger partial charge in [0.15, 0.2) is 0 Å². The third-order valence-corrected chi connectivity index (χ3v) is 3.82. The van der Waals surface area contributed by atoms with Crippen molar-refractivity contribution in [2.45, 2.75) is 20.3 Å². The van der Waals surface area contributed by atoms with Gasteiger partial charge in [-0.1, -0.05) is 22.9 Å². The molecule has 1 aromatic carbocycles. The van der Waals surface area contributed by atoms with E-state index < -0.39 is 0 Å². The smallest absolute Gasteiger partial charge is 0.319 e. The topological polar surface area (TPSA) is 58.6 Å². The monoisotopic (exact) mass is 356 g/mol. The van der Waals surface area contributed by atoms with Crippen molar-refractivity contribution in [1.29, 1.82) is 0 Å². The predicted molar refractivity (Wildman–Crippen MR) is 86.3 cm³/mol. The number of hydrogen-bond donors (Lipinski definition) is 1. The number of benzene rings is 1. The molecule has 0 spiro atoms. The summed E-state index contributed by atoms with van der Waals surface area (Å²) >= 11 is 3.42. The highest BCUT2D eigenvalue weighted by Gasteiger charge is 2.14. The lowest BCUT2D eigenvalue weighted by Gasteiger charge is -2.19. The van der Waals surface area contributed by atoms with Crippen LogP contribution in [0.4, 0.5) is 5.69 Å². The van der Waals surface area contributed by atoms with Crippen molar-refractivity contribution < 1.29 is 14.3 Å². The first-order valence-corrected chi connectivity index (χ1v) is 7.60. The molecule has 1 aromatic rings. The SMILES string of the molecule is CCCN(CC(=O)Nc1ccc(Br)c(C)c1)CC(=O)OC. The van der Waals surface area contributed by atoms with Gasteiger partial charge in [-0.15, -0.1) is 0 Å². The average molecular weight is 357 g/mol. The molecule has 0 unspecified atom stereocenters. The fourth-order valence-corrected chi connectivity index (χ4v) is 2.15. The molecule has 1 N–H and O–H groups in total. The van der Waals surface area contributed by atoms with E-state index in [1.54, 1.807) is 4.90 Å². The molecule has 0 saturated carbocycles. The molecule has 0 aromatic heterocycles. The molecule has 0 radical (unpaired) electrons. The Morgan fingerprint density at radius 3 is 2.62 bits per heavy atom. The highest BCUT2D eigenvalue weighted by molar-refractivity contribution is 9.10. The summed E-state index contributed by atoms with van der Waals surface area (Å²) in [5.74, 6) is -0.482. The van der Waals surface area contributed by atoms with Gasteiger partial charge in [-0.3, -0.25) is 14.5 Å². The Morgan fingerprint density at radius 2 is 2.05 bits per heavy atom. The number of methoxy groups -OCH3 is 1. The number of aryl methyl sites for hydroxylation is 1. The predicted octanol–water partition coefficient (Wildman–Crippen LogP) is 2.58. The molecule has 0 atom stereocenters. The lowest BCUT2D eigenvalue weighted by molar-refractivity contribution is -0.142. The number of carbonyl (C=O) groups excluding carboxylic acids is 2. The van der Waals surface area contributed by atoms with Crippen molar-refractivity contribution in [3.63, 3.8) is 0 Å². The number of ether oxygens (including phenoxy) is 1. The first kappa shape index (κ1) is 17.7. The van der Waals surface area contributed by atoms with Gasteiger partial charge in [-0.2, -0.15) is 0 Å². The highest BCUT2D eigenvalue weighted by Crippen LogP contribution is 2.19. The standard InChI is InChI=1S/C15H21BrN2O3/c1-4-7-18(10-15(20)21-3)9-14(19)17-12-5-6-13(16)11(2)8-12/h5-6,8H,4,7,9-10H2,1-3H3,(H,17,19). The van der Waals surface area contributed by atoms with Gasteiger partial charge < -0.3 is 10.1 Å². The Morgan fingerprint density at radius 1 is 1.33 bits per heavy atom. The second-order valence-electron chi connectivity index (χ2n) is 4.80. The lowest BCUT2D eigenvalue weighted by atomic mass is 10.2. The minimum Gasteiger partial charge on any atom is -0.468 e. The van der Waals surface area contributed by atoms with Gasteiger partial charge in [0.1, 0.15) is 0 Å². The van der Waals surface area contributed by atoms with Crippen LogP contribution in [0.3, 0.4) is 0 Å². The van der Waals surface area contributed by atoms with Crippen LogP contribution in [-0.2, 0) is 14.3 Å². The zero-order chi connectivity index (χ0) is 15.8. The summed E-state index contributed by atoms with van der Waals surface area (Å²) in [6.07, 6.45) is 0.863. The Hall–Kier alpha value is -1.40. The second-order valence-corrected chi connectivity index (χ2v) is 5.65. The molecule has 116 valence electrons. The van der Waals surface area contributed by atoms with Crippen LogP contribution in [-0.4, -0.2) is 43.5 Å². The Bertz CT molecular complexity index is 506. The van der Waals surface area contributed by atoms with Gasteiger partial charge in [0, 0.05) is 10.2 Å². The molecular formula is C15H21BrN2O3. The van der Waals surface area contributed by atoms with E-state index in [0.29, 0.717) is 6.54 Å². The van der Waals surface area contributed by atoms with E-state index in [2.05, 4.69) is 26.0 Å². The Labute approximate surface area is 133 Å². The lowest BCUT2D eigenvalue weighted by Crippen LogP contribution is -2.37. The molecule has 1 amide bonds. The molecule has 0 aliphatic heterocycles. The first-order valence-electron chi connectivity index (χ1n) is 6.81. The number of halogens is 1. The minimum atomic E-state index is -0.337. The summed E-state index contributed by atoms with van der Waals surface area (Å²) in [5.41, 5.74) is 1.79. The van der Waals surface area contributed by atoms with Crippen molar-refractivity contribution in [2.75, 3.05) is 32.1 Å². The number of nitrogens with zero attached hydrogens (tertiary/aromatic N) is 1. The van der Waals surface area contributed by atoms with Gasteiger partial charge in [-0.05, 0) is 43.7 Å². The van der Waals surface area contributed by atoms with E-state index in [1.165, 1.54) is 7.11 Å². The summed E-state index contributed by atoms with van der Waals surface area (Å²) < 4.78 is 5.64. The van der Waals surface area contributed by atoms with Crippen LogP contribution in [0.15, 0.2) is 22.7 Å². The number of rotatable bonds is 7. The minimum absolute atomic E-state index is 0.122. The van der Waals surface area contributed by atoms with Crippen LogP contribution >= 0.6 is 15.9 Å². The fourth-order valence-electron chi connectivity index (χ4n) is 1.90. The summed E-state index contributed by atoms with van der Waals surface area (Å²) in [5, 5.41) is 2.84. The number of anilines is 1. The molecule has 0 heterocycles. The Kier molecular flexibility index (Phi) is 7.39. The number of amides is 1. The van der Waals surface area contributed by atoms with E-state index in [0.717, 1.165) is 22.1 Å². The van der Waals surface area contributed by atoms with Gasteiger partial charge in [-0.25, -0.2) is 0 Å². The third-order valence-electron chi connectivity index (χ3n) is 2.93. The molecular weight excluding hydrogens is 336 g/mol. The molecule has 0 bridgehead atoms. The largest absolute Gasteiger partial charge is 0.468 e. The molecule has 0 fully saturated rings. The van der Waals surface area contributed by atoms with Crippen LogP contribution < -0.4 is 5.32 Å². The quantitative estimate of drug-likeness (QED) is 0.762. The molecule has 0 aliphatic carbocycles. The number of esters is 1. The third kappa shape index (κ3) is 6.27. The molecule has 1 rings (SSSR count). The Balaban J connectivity index is 2.60. The van der Waals surface area contributed by atoms with Crippen LogP contribution in [0.1, 0.15) is 18.9 Å². The van der Waals surface area contributed by atoms with Gasteiger partial charge in [0.25, 0.3) is 0 Å². The van der Waals surface area contributed by atoms with Crippen LogP contribution in [0.2, 0.25) is 0 Å². The maximum Gasteiger partial charge on any atom is 0.319 e. The summed E-state index contributed by atoms with van der Waals surface area (Å²) in [7, 11) is 1.34. The number of nitrogens with one attached hydrogen (secondary N) is 1. The van der Waals surface area contributed by atoms with Crippen molar-refractivity contribution in [3.05, 3.63) is 28.2 Å². The maximum absolute atomic E-state index is 12.0. The zero-order valence-corrected chi connectivity index (χ0v) is 14.2. The zero-order valence-electron chi connectivity index (χ0n) is 12.6. The van der Waals surface area contributed by atoms with Gasteiger partial charge in [0.2, 0.25) is 5.91 Å². The fraction of sp³-hybridized carbons (Fsp3) is 0.467. The normalized spacial score (nSPS) is 10.5. The van der Waals surface area contributed by atoms with Gasteiger partial charge in [0.05, 0.1) is 20.2 Å². The van der Waals surface area contributed by atoms with E-state index in [9.17, 15) is 9.59 Å². The molecule has 0 aliphatic rings. The molecule has 0 saturated heterocycles. The van der Waals surface area contributed by atoms with E-state index >= 15 is 0 Å². The van der Waals surface area contributed by atoms with Crippen molar-refractivity contribution >= 4 is 33.5 Å². The molecule has 21 heavy (non-hydrogen) atoms. The first-order chi connectivity index (χ1) is 9.96. The second kappa shape index (κ2) is 8.79. The van der Waals surface area contributed by atoms with Crippen molar-refractivity contribution in [1.82, 2.24) is 4.90 Å². The molecule has 5 nitrogen and oxygen atoms in total. The van der Waals surface area contributed by atoms with Crippen molar-refractivity contribution in [2.24, 2.45) is 0 Å². The van der Waals surface area contributed by atoms with Crippen LogP contribution in [0.5, 0.6) is 0 Å². The number of carbonyl (C=O) groups is 2. The van der Waals surface area contributed by atoms with E-state index in [1.807, 2.05) is 32.0 Å². The highest BCUT2D eigenvalue weighted by atomic mass is 79.9.